The molecule has 0 spiro atoms. The molecule has 0 fully saturated rings. The third-order valence-electron chi connectivity index (χ3n) is 4.63. The van der Waals surface area contributed by atoms with Crippen LogP contribution in [0.15, 0.2) is 91.0 Å². The van der Waals surface area contributed by atoms with Crippen LogP contribution in [0.25, 0.3) is 0 Å². The fraction of sp³-hybridized carbons (Fsp3) is 0.130. The SMILES string of the molecule is O=C(C[C@](NC(=O)c1ccccc1)(c1ccccc1)C(F)(F)F)c1ccccc1. The maximum Gasteiger partial charge on any atom is 0.416 e. The quantitative estimate of drug-likeness (QED) is 0.585. The van der Waals surface area contributed by atoms with Crippen LogP contribution in [-0.4, -0.2) is 17.9 Å². The summed E-state index contributed by atoms with van der Waals surface area (Å²) >= 11 is 0. The van der Waals surface area contributed by atoms with E-state index in [0.717, 1.165) is 0 Å². The molecule has 0 unspecified atom stereocenters. The van der Waals surface area contributed by atoms with E-state index in [1.807, 2.05) is 0 Å². The monoisotopic (exact) mass is 397 g/mol. The number of ketones is 1. The zero-order valence-electron chi connectivity index (χ0n) is 15.3. The Hall–Kier alpha value is -3.41. The van der Waals surface area contributed by atoms with Crippen molar-refractivity contribution >= 4 is 11.7 Å². The molecule has 3 aromatic carbocycles. The van der Waals surface area contributed by atoms with Gasteiger partial charge in [0.2, 0.25) is 0 Å². The number of hydrogen-bond donors (Lipinski definition) is 1. The standard InChI is InChI=1S/C23H18F3NO2/c24-23(25,26)22(19-14-8-3-9-15-19,16-20(28)17-10-4-1-5-11-17)27-21(29)18-12-6-2-7-13-18/h1-15H,16H2,(H,27,29)/t22-/m0/s1. The molecule has 1 amide bonds. The van der Waals surface area contributed by atoms with Crippen LogP contribution in [0.5, 0.6) is 0 Å². The highest BCUT2D eigenvalue weighted by molar-refractivity contribution is 5.99. The number of benzene rings is 3. The number of halogens is 3. The first-order chi connectivity index (χ1) is 13.8. The number of nitrogens with one attached hydrogen (secondary N) is 1. The summed E-state index contributed by atoms with van der Waals surface area (Å²) in [6.45, 7) is 0. The molecule has 1 atom stereocenters. The Labute approximate surface area is 166 Å². The van der Waals surface area contributed by atoms with Gasteiger partial charge in [0.15, 0.2) is 11.3 Å². The molecule has 29 heavy (non-hydrogen) atoms. The third-order valence-corrected chi connectivity index (χ3v) is 4.63. The van der Waals surface area contributed by atoms with E-state index in [2.05, 4.69) is 5.32 Å². The maximum absolute atomic E-state index is 14.4. The van der Waals surface area contributed by atoms with Crippen molar-refractivity contribution in [3.05, 3.63) is 108 Å². The van der Waals surface area contributed by atoms with Crippen LogP contribution in [-0.2, 0) is 5.54 Å². The summed E-state index contributed by atoms with van der Waals surface area (Å²) in [7, 11) is 0. The Morgan fingerprint density at radius 1 is 0.690 bits per heavy atom. The van der Waals surface area contributed by atoms with Crippen LogP contribution in [0.1, 0.15) is 32.7 Å². The lowest BCUT2D eigenvalue weighted by atomic mass is 9.82. The second-order valence-corrected chi connectivity index (χ2v) is 6.56. The van der Waals surface area contributed by atoms with Gasteiger partial charge in [0.25, 0.3) is 5.91 Å². The first-order valence-electron chi connectivity index (χ1n) is 8.91. The lowest BCUT2D eigenvalue weighted by molar-refractivity contribution is -0.196. The molecule has 0 bridgehead atoms. The van der Waals surface area contributed by atoms with Gasteiger partial charge in [0, 0.05) is 17.5 Å². The summed E-state index contributed by atoms with van der Waals surface area (Å²) in [6.07, 6.45) is -5.87. The summed E-state index contributed by atoms with van der Waals surface area (Å²) in [5.74, 6) is -1.63. The highest BCUT2D eigenvalue weighted by Crippen LogP contribution is 2.42. The lowest BCUT2D eigenvalue weighted by Gasteiger charge is -2.36. The Morgan fingerprint density at radius 3 is 1.62 bits per heavy atom. The van der Waals surface area contributed by atoms with E-state index in [0.29, 0.717) is 0 Å². The predicted molar refractivity (Wildman–Crippen MR) is 103 cm³/mol. The van der Waals surface area contributed by atoms with E-state index in [4.69, 9.17) is 0 Å². The van der Waals surface area contributed by atoms with E-state index in [9.17, 15) is 22.8 Å². The fourth-order valence-electron chi connectivity index (χ4n) is 3.10. The third kappa shape index (κ3) is 4.37. The molecule has 3 aromatic rings. The minimum atomic E-state index is -4.91. The second-order valence-electron chi connectivity index (χ2n) is 6.56. The lowest BCUT2D eigenvalue weighted by Crippen LogP contribution is -2.57. The number of carbonyl (C=O) groups is 2. The first kappa shape index (κ1) is 20.3. The highest BCUT2D eigenvalue weighted by atomic mass is 19.4. The van der Waals surface area contributed by atoms with E-state index < -0.39 is 29.8 Å². The smallest absolute Gasteiger partial charge is 0.334 e. The number of Topliss-reactive ketones (excluding diaryl/α,β-unsaturated/α-hetero) is 1. The van der Waals surface area contributed by atoms with Crippen LogP contribution in [0, 0.1) is 0 Å². The van der Waals surface area contributed by atoms with Gasteiger partial charge in [-0.15, -0.1) is 0 Å². The van der Waals surface area contributed by atoms with Crippen LogP contribution < -0.4 is 5.32 Å². The van der Waals surface area contributed by atoms with E-state index in [1.165, 1.54) is 48.5 Å². The van der Waals surface area contributed by atoms with Gasteiger partial charge in [0.1, 0.15) is 0 Å². The van der Waals surface area contributed by atoms with Gasteiger partial charge in [-0.2, -0.15) is 13.2 Å². The molecule has 0 heterocycles. The highest BCUT2D eigenvalue weighted by Gasteiger charge is 2.58. The number of carbonyl (C=O) groups excluding carboxylic acids is 2. The van der Waals surface area contributed by atoms with Crippen molar-refractivity contribution < 1.29 is 22.8 Å². The van der Waals surface area contributed by atoms with Crippen LogP contribution >= 0.6 is 0 Å². The molecule has 3 rings (SSSR count). The second kappa shape index (κ2) is 8.31. The summed E-state index contributed by atoms with van der Waals surface area (Å²) in [5.41, 5.74) is -2.86. The molecule has 148 valence electrons. The van der Waals surface area contributed by atoms with Crippen molar-refractivity contribution in [1.82, 2.24) is 5.32 Å². The average Bonchev–Trinajstić information content (AvgIpc) is 2.74. The van der Waals surface area contributed by atoms with Gasteiger partial charge in [-0.05, 0) is 17.7 Å². The van der Waals surface area contributed by atoms with Crippen LogP contribution in [0.4, 0.5) is 13.2 Å². The largest absolute Gasteiger partial charge is 0.416 e. The summed E-state index contributed by atoms with van der Waals surface area (Å²) in [6, 6.07) is 22.3. The molecule has 1 N–H and O–H groups in total. The average molecular weight is 397 g/mol. The predicted octanol–water partition coefficient (Wildman–Crippen LogP) is 5.15. The maximum atomic E-state index is 14.4. The molecule has 0 saturated heterocycles. The van der Waals surface area contributed by atoms with Crippen molar-refractivity contribution in [3.63, 3.8) is 0 Å². The number of alkyl halides is 3. The molecule has 0 saturated carbocycles. The molecular weight excluding hydrogens is 379 g/mol. The minimum absolute atomic E-state index is 0.0733. The van der Waals surface area contributed by atoms with Crippen molar-refractivity contribution in [1.29, 1.82) is 0 Å². The molecule has 3 nitrogen and oxygen atoms in total. The van der Waals surface area contributed by atoms with E-state index >= 15 is 0 Å². The van der Waals surface area contributed by atoms with Crippen molar-refractivity contribution in [2.45, 2.75) is 18.1 Å². The molecule has 0 aliphatic rings. The Balaban J connectivity index is 2.08. The minimum Gasteiger partial charge on any atom is -0.334 e. The first-order valence-corrected chi connectivity index (χ1v) is 8.91. The summed E-state index contributed by atoms with van der Waals surface area (Å²) in [5, 5.41) is 2.12. The fourth-order valence-corrected chi connectivity index (χ4v) is 3.10. The van der Waals surface area contributed by atoms with Crippen molar-refractivity contribution in [3.8, 4) is 0 Å². The van der Waals surface area contributed by atoms with Gasteiger partial charge in [-0.25, -0.2) is 0 Å². The van der Waals surface area contributed by atoms with Gasteiger partial charge in [0.05, 0.1) is 0 Å². The molecule has 0 aliphatic carbocycles. The normalized spacial score (nSPS) is 13.3. The molecule has 6 heteroatoms. The number of hydrogen-bond acceptors (Lipinski definition) is 2. The Kier molecular flexibility index (Phi) is 5.82. The van der Waals surface area contributed by atoms with Gasteiger partial charge >= 0.3 is 6.18 Å². The summed E-state index contributed by atoms with van der Waals surface area (Å²) in [4.78, 5) is 25.4. The van der Waals surface area contributed by atoms with Crippen molar-refractivity contribution in [2.75, 3.05) is 0 Å². The van der Waals surface area contributed by atoms with Crippen LogP contribution in [0.3, 0.4) is 0 Å². The van der Waals surface area contributed by atoms with E-state index in [-0.39, 0.29) is 16.7 Å². The zero-order chi connectivity index (χ0) is 20.9. The summed E-state index contributed by atoms with van der Waals surface area (Å²) < 4.78 is 43.3. The van der Waals surface area contributed by atoms with Crippen LogP contribution in [0.2, 0.25) is 0 Å². The Bertz CT molecular complexity index is 918. The zero-order valence-corrected chi connectivity index (χ0v) is 15.3. The molecule has 0 aromatic heterocycles. The van der Waals surface area contributed by atoms with Gasteiger partial charge in [-0.3, -0.25) is 9.59 Å². The van der Waals surface area contributed by atoms with E-state index in [1.54, 1.807) is 42.5 Å². The van der Waals surface area contributed by atoms with Gasteiger partial charge in [-0.1, -0.05) is 78.9 Å². The topological polar surface area (TPSA) is 46.2 Å². The number of rotatable bonds is 6. The molecular formula is C23H18F3NO2. The molecule has 0 radical (unpaired) electrons. The van der Waals surface area contributed by atoms with Crippen molar-refractivity contribution in [2.24, 2.45) is 0 Å². The van der Waals surface area contributed by atoms with Gasteiger partial charge < -0.3 is 5.32 Å². The Morgan fingerprint density at radius 2 is 1.14 bits per heavy atom. The number of amides is 1. The molecule has 0 aliphatic heterocycles.